The maximum absolute atomic E-state index is 5.46. The number of nitrogens with one attached hydrogen (secondary N) is 1. The van der Waals surface area contributed by atoms with Crippen LogP contribution in [0.2, 0.25) is 0 Å². The van der Waals surface area contributed by atoms with Gasteiger partial charge in [-0.15, -0.1) is 0 Å². The van der Waals surface area contributed by atoms with Crippen molar-refractivity contribution >= 4 is 0 Å². The fourth-order valence-corrected chi connectivity index (χ4v) is 1.11. The van der Waals surface area contributed by atoms with E-state index >= 15 is 0 Å². The Labute approximate surface area is 83.1 Å². The summed E-state index contributed by atoms with van der Waals surface area (Å²) in [6, 6.07) is 0. The molecule has 1 unspecified atom stereocenters. The van der Waals surface area contributed by atoms with Crippen LogP contribution < -0.4 is 5.32 Å². The van der Waals surface area contributed by atoms with Crippen molar-refractivity contribution in [3.8, 4) is 0 Å². The molecule has 0 aliphatic carbocycles. The van der Waals surface area contributed by atoms with Gasteiger partial charge in [-0.05, 0) is 31.3 Å². The molecule has 0 aromatic carbocycles. The summed E-state index contributed by atoms with van der Waals surface area (Å²) in [7, 11) is 0. The number of ether oxygens (including phenoxy) is 1. The molecule has 1 atom stereocenters. The highest BCUT2D eigenvalue weighted by atomic mass is 16.5. The average molecular weight is 187 g/mol. The van der Waals surface area contributed by atoms with Crippen LogP contribution in [0.5, 0.6) is 0 Å². The minimum atomic E-state index is 0.630. The largest absolute Gasteiger partial charge is 0.381 e. The van der Waals surface area contributed by atoms with E-state index in [1.807, 2.05) is 0 Å². The van der Waals surface area contributed by atoms with Crippen LogP contribution in [0.3, 0.4) is 0 Å². The Bertz CT molecular complexity index is 104. The van der Waals surface area contributed by atoms with Crippen molar-refractivity contribution in [3.05, 3.63) is 0 Å². The second-order valence-electron chi connectivity index (χ2n) is 4.23. The second-order valence-corrected chi connectivity index (χ2v) is 4.23. The lowest BCUT2D eigenvalue weighted by atomic mass is 10.2. The Hall–Kier alpha value is -0.0800. The zero-order chi connectivity index (χ0) is 10.1. The molecule has 80 valence electrons. The van der Waals surface area contributed by atoms with Crippen LogP contribution in [0.4, 0.5) is 0 Å². The number of hydrogen-bond acceptors (Lipinski definition) is 2. The second kappa shape index (κ2) is 8.52. The van der Waals surface area contributed by atoms with Gasteiger partial charge in [0, 0.05) is 6.61 Å². The van der Waals surface area contributed by atoms with Crippen LogP contribution in [0, 0.1) is 11.8 Å². The molecule has 0 bridgehead atoms. The van der Waals surface area contributed by atoms with Gasteiger partial charge in [-0.1, -0.05) is 27.7 Å². The minimum absolute atomic E-state index is 0.630. The summed E-state index contributed by atoms with van der Waals surface area (Å²) >= 11 is 0. The van der Waals surface area contributed by atoms with Crippen molar-refractivity contribution < 1.29 is 4.74 Å². The third kappa shape index (κ3) is 9.84. The molecule has 0 aromatic heterocycles. The predicted molar refractivity (Wildman–Crippen MR) is 58.0 cm³/mol. The van der Waals surface area contributed by atoms with Crippen molar-refractivity contribution in [1.82, 2.24) is 5.32 Å². The standard InChI is InChI=1S/C11H25NO/c1-5-6-13-9-11(4)8-12-7-10(2)3/h10-12H,5-9H2,1-4H3. The average Bonchev–Trinajstić information content (AvgIpc) is 2.04. The maximum atomic E-state index is 5.46. The van der Waals surface area contributed by atoms with Crippen molar-refractivity contribution in [3.63, 3.8) is 0 Å². The van der Waals surface area contributed by atoms with E-state index in [1.54, 1.807) is 0 Å². The lowest BCUT2D eigenvalue weighted by molar-refractivity contribution is 0.105. The van der Waals surface area contributed by atoms with E-state index in [2.05, 4.69) is 33.0 Å². The normalized spacial score (nSPS) is 13.6. The molecule has 0 saturated carbocycles. The van der Waals surface area contributed by atoms with Crippen LogP contribution in [-0.2, 0) is 4.74 Å². The Kier molecular flexibility index (Phi) is 8.46. The van der Waals surface area contributed by atoms with E-state index in [4.69, 9.17) is 4.74 Å². The van der Waals surface area contributed by atoms with Crippen LogP contribution in [0.1, 0.15) is 34.1 Å². The molecule has 2 heteroatoms. The zero-order valence-electron chi connectivity index (χ0n) is 9.60. The third-order valence-corrected chi connectivity index (χ3v) is 1.80. The Balaban J connectivity index is 3.15. The summed E-state index contributed by atoms with van der Waals surface area (Å²) in [6.45, 7) is 12.8. The molecule has 0 aliphatic heterocycles. The van der Waals surface area contributed by atoms with Gasteiger partial charge in [0.1, 0.15) is 0 Å². The van der Waals surface area contributed by atoms with Crippen molar-refractivity contribution in [2.45, 2.75) is 34.1 Å². The third-order valence-electron chi connectivity index (χ3n) is 1.80. The molecule has 0 radical (unpaired) electrons. The maximum Gasteiger partial charge on any atom is 0.0503 e. The highest BCUT2D eigenvalue weighted by Gasteiger charge is 2.01. The molecule has 1 N–H and O–H groups in total. The molecular formula is C11H25NO. The minimum Gasteiger partial charge on any atom is -0.381 e. The lowest BCUT2D eigenvalue weighted by Crippen LogP contribution is -2.27. The SMILES string of the molecule is CCCOCC(C)CNCC(C)C. The predicted octanol–water partition coefficient (Wildman–Crippen LogP) is 2.29. The van der Waals surface area contributed by atoms with Crippen LogP contribution in [0.25, 0.3) is 0 Å². The van der Waals surface area contributed by atoms with Gasteiger partial charge in [0.05, 0.1) is 6.61 Å². The van der Waals surface area contributed by atoms with Gasteiger partial charge in [0.25, 0.3) is 0 Å². The van der Waals surface area contributed by atoms with Gasteiger partial charge in [-0.25, -0.2) is 0 Å². The first-order valence-corrected chi connectivity index (χ1v) is 5.45. The van der Waals surface area contributed by atoms with Crippen molar-refractivity contribution in [2.24, 2.45) is 11.8 Å². The van der Waals surface area contributed by atoms with E-state index in [1.165, 1.54) is 0 Å². The molecule has 0 aromatic rings. The molecule has 0 rings (SSSR count). The molecule has 0 amide bonds. The summed E-state index contributed by atoms with van der Waals surface area (Å²) in [5.41, 5.74) is 0. The Morgan fingerprint density at radius 3 is 2.38 bits per heavy atom. The van der Waals surface area contributed by atoms with E-state index in [9.17, 15) is 0 Å². The molecule has 0 fully saturated rings. The lowest BCUT2D eigenvalue weighted by Gasteiger charge is -2.13. The number of rotatable bonds is 8. The quantitative estimate of drug-likeness (QED) is 0.589. The molecule has 0 spiro atoms. The van der Waals surface area contributed by atoms with Gasteiger partial charge < -0.3 is 10.1 Å². The van der Waals surface area contributed by atoms with E-state index < -0.39 is 0 Å². The fourth-order valence-electron chi connectivity index (χ4n) is 1.11. The van der Waals surface area contributed by atoms with E-state index in [0.717, 1.165) is 38.6 Å². The summed E-state index contributed by atoms with van der Waals surface area (Å²) in [4.78, 5) is 0. The first-order chi connectivity index (χ1) is 6.16. The molecule has 0 saturated heterocycles. The van der Waals surface area contributed by atoms with Gasteiger partial charge in [0.15, 0.2) is 0 Å². The monoisotopic (exact) mass is 187 g/mol. The van der Waals surface area contributed by atoms with Crippen molar-refractivity contribution in [1.29, 1.82) is 0 Å². The molecular weight excluding hydrogens is 162 g/mol. The number of hydrogen-bond donors (Lipinski definition) is 1. The molecule has 0 heterocycles. The molecule has 2 nitrogen and oxygen atoms in total. The van der Waals surface area contributed by atoms with Crippen LogP contribution in [-0.4, -0.2) is 26.3 Å². The van der Waals surface area contributed by atoms with E-state index in [0.29, 0.717) is 5.92 Å². The van der Waals surface area contributed by atoms with Crippen LogP contribution in [0.15, 0.2) is 0 Å². The van der Waals surface area contributed by atoms with Gasteiger partial charge in [-0.2, -0.15) is 0 Å². The molecule has 0 aliphatic rings. The topological polar surface area (TPSA) is 21.3 Å². The van der Waals surface area contributed by atoms with Crippen molar-refractivity contribution in [2.75, 3.05) is 26.3 Å². The van der Waals surface area contributed by atoms with Gasteiger partial charge in [0.2, 0.25) is 0 Å². The first kappa shape index (κ1) is 12.9. The van der Waals surface area contributed by atoms with Crippen LogP contribution >= 0.6 is 0 Å². The summed E-state index contributed by atoms with van der Waals surface area (Å²) < 4.78 is 5.46. The zero-order valence-corrected chi connectivity index (χ0v) is 9.60. The highest BCUT2D eigenvalue weighted by Crippen LogP contribution is 1.95. The molecule has 13 heavy (non-hydrogen) atoms. The van der Waals surface area contributed by atoms with Gasteiger partial charge in [-0.3, -0.25) is 0 Å². The fraction of sp³-hybridized carbons (Fsp3) is 1.00. The first-order valence-electron chi connectivity index (χ1n) is 5.45. The summed E-state index contributed by atoms with van der Waals surface area (Å²) in [5.74, 6) is 1.37. The Morgan fingerprint density at radius 1 is 1.15 bits per heavy atom. The Morgan fingerprint density at radius 2 is 1.85 bits per heavy atom. The van der Waals surface area contributed by atoms with Gasteiger partial charge >= 0.3 is 0 Å². The summed E-state index contributed by atoms with van der Waals surface area (Å²) in [5, 5.41) is 3.43. The highest BCUT2D eigenvalue weighted by molar-refractivity contribution is 4.57. The summed E-state index contributed by atoms with van der Waals surface area (Å²) in [6.07, 6.45) is 1.12. The smallest absolute Gasteiger partial charge is 0.0503 e. The van der Waals surface area contributed by atoms with E-state index in [-0.39, 0.29) is 0 Å².